The standard InChI is InChI=1S/C24H27F3N4O/c1-30-21-8-3-2-7-20(21)29-22(30)12-14-31-19(9-10-23(31)32)11-13-28-16-17-5-4-6-18(15-17)24(25,26)27/h2-8,15,19,28H,9-14,16H2,1H3/t19-/m1/s1. The number of hydrogen-bond donors (Lipinski definition) is 1. The number of nitrogens with zero attached hydrogens (tertiary/aromatic N) is 3. The van der Waals surface area contributed by atoms with Crippen LogP contribution in [-0.2, 0) is 31.0 Å². The number of para-hydroxylation sites is 2. The predicted molar refractivity (Wildman–Crippen MR) is 117 cm³/mol. The number of imidazole rings is 1. The number of carbonyl (C=O) groups is 1. The molecule has 2 aromatic carbocycles. The van der Waals surface area contributed by atoms with Crippen LogP contribution in [0.3, 0.4) is 0 Å². The first-order chi connectivity index (χ1) is 15.3. The largest absolute Gasteiger partial charge is 0.416 e. The van der Waals surface area contributed by atoms with Crippen molar-refractivity contribution < 1.29 is 18.0 Å². The van der Waals surface area contributed by atoms with Gasteiger partial charge in [0.05, 0.1) is 16.6 Å². The average molecular weight is 445 g/mol. The Hall–Kier alpha value is -2.87. The van der Waals surface area contributed by atoms with Crippen LogP contribution in [0.5, 0.6) is 0 Å². The number of carbonyl (C=O) groups excluding carboxylic acids is 1. The second kappa shape index (κ2) is 9.32. The highest BCUT2D eigenvalue weighted by Gasteiger charge is 2.31. The molecule has 8 heteroatoms. The van der Waals surface area contributed by atoms with Crippen LogP contribution in [0, 0.1) is 0 Å². The van der Waals surface area contributed by atoms with E-state index in [2.05, 4.69) is 14.9 Å². The number of likely N-dealkylation sites (tertiary alicyclic amines) is 1. The quantitative estimate of drug-likeness (QED) is 0.527. The number of hydrogen-bond acceptors (Lipinski definition) is 3. The normalized spacial score (nSPS) is 16.9. The van der Waals surface area contributed by atoms with E-state index in [9.17, 15) is 18.0 Å². The van der Waals surface area contributed by atoms with E-state index >= 15 is 0 Å². The minimum atomic E-state index is -4.33. The van der Waals surface area contributed by atoms with Crippen molar-refractivity contribution in [2.45, 2.75) is 44.4 Å². The van der Waals surface area contributed by atoms with Crippen LogP contribution in [0.15, 0.2) is 48.5 Å². The van der Waals surface area contributed by atoms with E-state index < -0.39 is 11.7 Å². The van der Waals surface area contributed by atoms with Gasteiger partial charge in [0.15, 0.2) is 0 Å². The SMILES string of the molecule is Cn1c(CCN2C(=O)CC[C@@H]2CCNCc2cccc(C(F)(F)F)c2)nc2ccccc21. The summed E-state index contributed by atoms with van der Waals surface area (Å²) in [6.07, 6.45) is -1.52. The number of alkyl halides is 3. The van der Waals surface area contributed by atoms with E-state index in [1.54, 1.807) is 6.07 Å². The number of halogens is 3. The minimum Gasteiger partial charge on any atom is -0.339 e. The number of aromatic nitrogens is 2. The summed E-state index contributed by atoms with van der Waals surface area (Å²) in [7, 11) is 1.99. The Morgan fingerprint density at radius 2 is 1.97 bits per heavy atom. The second-order valence-corrected chi connectivity index (χ2v) is 8.27. The number of rotatable bonds is 8. The Balaban J connectivity index is 1.29. The molecule has 1 atom stereocenters. The van der Waals surface area contributed by atoms with E-state index in [4.69, 9.17) is 0 Å². The minimum absolute atomic E-state index is 0.145. The van der Waals surface area contributed by atoms with E-state index in [0.29, 0.717) is 38.0 Å². The monoisotopic (exact) mass is 444 g/mol. The predicted octanol–water partition coefficient (Wildman–Crippen LogP) is 4.31. The molecule has 32 heavy (non-hydrogen) atoms. The van der Waals surface area contributed by atoms with Crippen molar-refractivity contribution >= 4 is 16.9 Å². The maximum Gasteiger partial charge on any atom is 0.416 e. The van der Waals surface area contributed by atoms with Crippen LogP contribution >= 0.6 is 0 Å². The van der Waals surface area contributed by atoms with Gasteiger partial charge in [0, 0.05) is 39.0 Å². The van der Waals surface area contributed by atoms with Gasteiger partial charge >= 0.3 is 6.18 Å². The van der Waals surface area contributed by atoms with E-state index in [1.807, 2.05) is 36.2 Å². The molecule has 0 unspecified atom stereocenters. The fourth-order valence-corrected chi connectivity index (χ4v) is 4.40. The molecule has 0 saturated carbocycles. The van der Waals surface area contributed by atoms with E-state index in [1.165, 1.54) is 12.1 Å². The lowest BCUT2D eigenvalue weighted by molar-refractivity contribution is -0.137. The lowest BCUT2D eigenvalue weighted by atomic mass is 10.1. The fourth-order valence-electron chi connectivity index (χ4n) is 4.40. The molecular formula is C24H27F3N4O. The van der Waals surface area contributed by atoms with Gasteiger partial charge in [0.2, 0.25) is 5.91 Å². The number of amides is 1. The first-order valence-electron chi connectivity index (χ1n) is 10.9. The molecule has 1 fully saturated rings. The van der Waals surface area contributed by atoms with Crippen LogP contribution in [0.1, 0.15) is 36.2 Å². The average Bonchev–Trinajstić information content (AvgIpc) is 3.28. The number of benzene rings is 2. The number of fused-ring (bicyclic) bond motifs is 1. The Morgan fingerprint density at radius 1 is 1.16 bits per heavy atom. The molecule has 2 heterocycles. The van der Waals surface area contributed by atoms with Crippen LogP contribution in [-0.4, -0.2) is 39.5 Å². The van der Waals surface area contributed by atoms with Crippen molar-refractivity contribution in [3.05, 3.63) is 65.5 Å². The molecule has 0 aliphatic carbocycles. The van der Waals surface area contributed by atoms with Gasteiger partial charge in [-0.15, -0.1) is 0 Å². The van der Waals surface area contributed by atoms with Crippen molar-refractivity contribution in [2.24, 2.45) is 7.05 Å². The molecule has 1 aromatic heterocycles. The molecule has 0 spiro atoms. The lowest BCUT2D eigenvalue weighted by Gasteiger charge is -2.25. The van der Waals surface area contributed by atoms with Crippen LogP contribution < -0.4 is 5.32 Å². The van der Waals surface area contributed by atoms with Gasteiger partial charge in [-0.1, -0.05) is 30.3 Å². The van der Waals surface area contributed by atoms with Gasteiger partial charge in [-0.25, -0.2) is 4.98 Å². The Bertz CT molecular complexity index is 1090. The number of nitrogens with one attached hydrogen (secondary N) is 1. The van der Waals surface area contributed by atoms with Crippen molar-refractivity contribution in [1.82, 2.24) is 19.8 Å². The molecule has 5 nitrogen and oxygen atoms in total. The Labute approximate surface area is 185 Å². The third kappa shape index (κ3) is 4.96. The van der Waals surface area contributed by atoms with Crippen molar-refractivity contribution in [1.29, 1.82) is 0 Å². The van der Waals surface area contributed by atoms with Crippen LogP contribution in [0.2, 0.25) is 0 Å². The van der Waals surface area contributed by atoms with Gasteiger partial charge in [0.25, 0.3) is 0 Å². The third-order valence-corrected chi connectivity index (χ3v) is 6.15. The van der Waals surface area contributed by atoms with Gasteiger partial charge in [0.1, 0.15) is 5.82 Å². The van der Waals surface area contributed by atoms with Gasteiger partial charge < -0.3 is 14.8 Å². The molecular weight excluding hydrogens is 417 g/mol. The summed E-state index contributed by atoms with van der Waals surface area (Å²) in [6.45, 7) is 1.62. The van der Waals surface area contributed by atoms with Gasteiger partial charge in [-0.3, -0.25) is 4.79 Å². The topological polar surface area (TPSA) is 50.2 Å². The first-order valence-corrected chi connectivity index (χ1v) is 10.9. The zero-order valence-electron chi connectivity index (χ0n) is 18.0. The second-order valence-electron chi connectivity index (χ2n) is 8.27. The summed E-state index contributed by atoms with van der Waals surface area (Å²) in [5.74, 6) is 1.11. The summed E-state index contributed by atoms with van der Waals surface area (Å²) < 4.78 is 40.6. The first kappa shape index (κ1) is 22.3. The molecule has 1 aliphatic rings. The van der Waals surface area contributed by atoms with E-state index in [0.717, 1.165) is 35.8 Å². The zero-order chi connectivity index (χ0) is 22.7. The Kier molecular flexibility index (Phi) is 6.50. The summed E-state index contributed by atoms with van der Waals surface area (Å²) in [4.78, 5) is 19.0. The number of aryl methyl sites for hydroxylation is 1. The molecule has 1 amide bonds. The highest BCUT2D eigenvalue weighted by Crippen LogP contribution is 2.29. The summed E-state index contributed by atoms with van der Waals surface area (Å²) >= 11 is 0. The molecule has 4 rings (SSSR count). The maximum atomic E-state index is 12.9. The molecule has 1 N–H and O–H groups in total. The van der Waals surface area contributed by atoms with Crippen molar-refractivity contribution in [3.63, 3.8) is 0 Å². The molecule has 0 bridgehead atoms. The van der Waals surface area contributed by atoms with Crippen molar-refractivity contribution in [2.75, 3.05) is 13.1 Å². The molecule has 1 saturated heterocycles. The van der Waals surface area contributed by atoms with Gasteiger partial charge in [-0.2, -0.15) is 13.2 Å². The molecule has 3 aromatic rings. The van der Waals surface area contributed by atoms with Crippen molar-refractivity contribution in [3.8, 4) is 0 Å². The zero-order valence-corrected chi connectivity index (χ0v) is 18.0. The third-order valence-electron chi connectivity index (χ3n) is 6.15. The molecule has 170 valence electrons. The lowest BCUT2D eigenvalue weighted by Crippen LogP contribution is -2.36. The molecule has 0 radical (unpaired) electrons. The highest BCUT2D eigenvalue weighted by molar-refractivity contribution is 5.79. The molecule has 1 aliphatic heterocycles. The Morgan fingerprint density at radius 3 is 2.75 bits per heavy atom. The highest BCUT2D eigenvalue weighted by atomic mass is 19.4. The smallest absolute Gasteiger partial charge is 0.339 e. The van der Waals surface area contributed by atoms with E-state index in [-0.39, 0.29) is 11.9 Å². The van der Waals surface area contributed by atoms with Gasteiger partial charge in [-0.05, 0) is 43.1 Å². The summed E-state index contributed by atoms with van der Waals surface area (Å²) in [6, 6.07) is 13.5. The van der Waals surface area contributed by atoms with Crippen LogP contribution in [0.25, 0.3) is 11.0 Å². The fraction of sp³-hybridized carbons (Fsp3) is 0.417. The maximum absolute atomic E-state index is 12.9. The summed E-state index contributed by atoms with van der Waals surface area (Å²) in [5.41, 5.74) is 1.99. The summed E-state index contributed by atoms with van der Waals surface area (Å²) in [5, 5.41) is 3.22. The van der Waals surface area contributed by atoms with Crippen LogP contribution in [0.4, 0.5) is 13.2 Å².